The Morgan fingerprint density at radius 1 is 1.21 bits per heavy atom. The van der Waals surface area contributed by atoms with Gasteiger partial charge < -0.3 is 15.4 Å². The van der Waals surface area contributed by atoms with Crippen molar-refractivity contribution in [3.8, 4) is 5.75 Å². The summed E-state index contributed by atoms with van der Waals surface area (Å²) in [6, 6.07) is 0. The highest BCUT2D eigenvalue weighted by molar-refractivity contribution is 5.63. The molecule has 5 nitrogen and oxygen atoms in total. The molecule has 1 saturated carbocycles. The van der Waals surface area contributed by atoms with E-state index in [9.17, 15) is 0 Å². The third kappa shape index (κ3) is 3.28. The lowest BCUT2D eigenvalue weighted by Gasteiger charge is -2.17. The van der Waals surface area contributed by atoms with Crippen LogP contribution >= 0.6 is 0 Å². The average molecular weight is 264 g/mol. The predicted molar refractivity (Wildman–Crippen MR) is 77.8 cm³/mol. The zero-order chi connectivity index (χ0) is 13.7. The first-order valence-electron chi connectivity index (χ1n) is 7.11. The Morgan fingerprint density at radius 2 is 1.89 bits per heavy atom. The SMILES string of the molecule is CCCNc1ncnc(NCC2(CC)CC2)c1OC. The average Bonchev–Trinajstić information content (AvgIpc) is 3.23. The van der Waals surface area contributed by atoms with Crippen LogP contribution in [0.2, 0.25) is 0 Å². The molecule has 0 unspecified atom stereocenters. The molecule has 19 heavy (non-hydrogen) atoms. The summed E-state index contributed by atoms with van der Waals surface area (Å²) in [6.07, 6.45) is 6.47. The highest BCUT2D eigenvalue weighted by Gasteiger charge is 2.40. The minimum Gasteiger partial charge on any atom is -0.490 e. The Morgan fingerprint density at radius 3 is 2.42 bits per heavy atom. The number of nitrogens with one attached hydrogen (secondary N) is 2. The molecule has 0 atom stereocenters. The molecule has 1 aliphatic rings. The number of hydrogen-bond donors (Lipinski definition) is 2. The Hall–Kier alpha value is -1.52. The number of rotatable bonds is 8. The molecule has 0 bridgehead atoms. The van der Waals surface area contributed by atoms with Gasteiger partial charge in [-0.1, -0.05) is 13.8 Å². The van der Waals surface area contributed by atoms with Crippen molar-refractivity contribution in [2.45, 2.75) is 39.5 Å². The van der Waals surface area contributed by atoms with Crippen molar-refractivity contribution in [2.24, 2.45) is 5.41 Å². The lowest BCUT2D eigenvalue weighted by atomic mass is 10.0. The Kier molecular flexibility index (Phi) is 4.45. The largest absolute Gasteiger partial charge is 0.490 e. The van der Waals surface area contributed by atoms with Crippen LogP contribution in [0.25, 0.3) is 0 Å². The van der Waals surface area contributed by atoms with Gasteiger partial charge in [-0.25, -0.2) is 9.97 Å². The second-order valence-corrected chi connectivity index (χ2v) is 5.24. The zero-order valence-electron chi connectivity index (χ0n) is 12.1. The van der Waals surface area contributed by atoms with E-state index in [-0.39, 0.29) is 0 Å². The third-order valence-corrected chi connectivity index (χ3v) is 3.89. The summed E-state index contributed by atoms with van der Waals surface area (Å²) in [6.45, 7) is 6.22. The molecule has 0 spiro atoms. The van der Waals surface area contributed by atoms with Crippen molar-refractivity contribution in [1.29, 1.82) is 0 Å². The number of aromatic nitrogens is 2. The summed E-state index contributed by atoms with van der Waals surface area (Å²) in [5.74, 6) is 2.27. The smallest absolute Gasteiger partial charge is 0.204 e. The lowest BCUT2D eigenvalue weighted by Crippen LogP contribution is -2.16. The number of methoxy groups -OCH3 is 1. The number of anilines is 2. The van der Waals surface area contributed by atoms with E-state index in [1.807, 2.05) is 0 Å². The standard InChI is InChI=1S/C14H24N4O/c1-4-8-15-12-11(19-3)13(18-10-17-12)16-9-14(5-2)6-7-14/h10H,4-9H2,1-3H3,(H2,15,16,17,18). The second kappa shape index (κ2) is 6.08. The van der Waals surface area contributed by atoms with E-state index >= 15 is 0 Å². The van der Waals surface area contributed by atoms with Crippen LogP contribution in [0.1, 0.15) is 39.5 Å². The fraction of sp³-hybridized carbons (Fsp3) is 0.714. The molecule has 0 aromatic carbocycles. The maximum Gasteiger partial charge on any atom is 0.204 e. The fourth-order valence-corrected chi connectivity index (χ4v) is 2.17. The van der Waals surface area contributed by atoms with Crippen LogP contribution in [-0.2, 0) is 0 Å². The van der Waals surface area contributed by atoms with E-state index in [0.29, 0.717) is 11.2 Å². The van der Waals surface area contributed by atoms with Crippen molar-refractivity contribution >= 4 is 11.6 Å². The molecular formula is C14H24N4O. The number of hydrogen-bond acceptors (Lipinski definition) is 5. The van der Waals surface area contributed by atoms with Gasteiger partial charge in [0.25, 0.3) is 0 Å². The van der Waals surface area contributed by atoms with Crippen LogP contribution in [0.4, 0.5) is 11.6 Å². The molecule has 0 aliphatic heterocycles. The van der Waals surface area contributed by atoms with Crippen LogP contribution in [0.15, 0.2) is 6.33 Å². The first-order chi connectivity index (χ1) is 9.24. The van der Waals surface area contributed by atoms with Gasteiger partial charge in [-0.05, 0) is 31.1 Å². The predicted octanol–water partition coefficient (Wildman–Crippen LogP) is 2.91. The van der Waals surface area contributed by atoms with Crippen LogP contribution < -0.4 is 15.4 Å². The topological polar surface area (TPSA) is 59.1 Å². The molecule has 2 rings (SSSR count). The molecule has 1 aliphatic carbocycles. The molecule has 2 N–H and O–H groups in total. The molecule has 1 fully saturated rings. The summed E-state index contributed by atoms with van der Waals surface area (Å²) >= 11 is 0. The quantitative estimate of drug-likeness (QED) is 0.756. The monoisotopic (exact) mass is 264 g/mol. The number of nitrogens with zero attached hydrogens (tertiary/aromatic N) is 2. The van der Waals surface area contributed by atoms with Crippen molar-refractivity contribution < 1.29 is 4.74 Å². The van der Waals surface area contributed by atoms with E-state index in [0.717, 1.165) is 31.1 Å². The van der Waals surface area contributed by atoms with Crippen molar-refractivity contribution in [3.05, 3.63) is 6.33 Å². The number of ether oxygens (including phenoxy) is 1. The maximum atomic E-state index is 5.44. The van der Waals surface area contributed by atoms with E-state index in [1.165, 1.54) is 19.3 Å². The Balaban J connectivity index is 2.06. The Bertz CT molecular complexity index is 418. The second-order valence-electron chi connectivity index (χ2n) is 5.24. The fourth-order valence-electron chi connectivity index (χ4n) is 2.17. The van der Waals surface area contributed by atoms with Crippen LogP contribution in [-0.4, -0.2) is 30.2 Å². The van der Waals surface area contributed by atoms with E-state index in [1.54, 1.807) is 13.4 Å². The van der Waals surface area contributed by atoms with Crippen LogP contribution in [0.5, 0.6) is 5.75 Å². The minimum atomic E-state index is 0.479. The van der Waals surface area contributed by atoms with Crippen molar-refractivity contribution in [3.63, 3.8) is 0 Å². The normalized spacial score (nSPS) is 15.9. The van der Waals surface area contributed by atoms with Gasteiger partial charge in [-0.15, -0.1) is 0 Å². The molecule has 106 valence electrons. The van der Waals surface area contributed by atoms with Crippen molar-refractivity contribution in [2.75, 3.05) is 30.8 Å². The zero-order valence-corrected chi connectivity index (χ0v) is 12.1. The highest BCUT2D eigenvalue weighted by atomic mass is 16.5. The van der Waals surface area contributed by atoms with Gasteiger partial charge in [0, 0.05) is 13.1 Å². The molecule has 1 aromatic rings. The highest BCUT2D eigenvalue weighted by Crippen LogP contribution is 2.48. The first kappa shape index (κ1) is 13.9. The summed E-state index contributed by atoms with van der Waals surface area (Å²) in [4.78, 5) is 8.54. The van der Waals surface area contributed by atoms with Crippen molar-refractivity contribution in [1.82, 2.24) is 9.97 Å². The Labute approximate surface area is 115 Å². The first-order valence-corrected chi connectivity index (χ1v) is 7.11. The summed E-state index contributed by atoms with van der Waals surface area (Å²) in [7, 11) is 1.66. The molecule has 0 saturated heterocycles. The van der Waals surface area contributed by atoms with E-state index in [4.69, 9.17) is 4.74 Å². The summed E-state index contributed by atoms with van der Waals surface area (Å²) in [5, 5.41) is 6.68. The molecule has 0 radical (unpaired) electrons. The van der Waals surface area contributed by atoms with Gasteiger partial charge in [-0.3, -0.25) is 0 Å². The lowest BCUT2D eigenvalue weighted by molar-refractivity contribution is 0.413. The van der Waals surface area contributed by atoms with Gasteiger partial charge in [-0.2, -0.15) is 0 Å². The van der Waals surface area contributed by atoms with E-state index < -0.39 is 0 Å². The van der Waals surface area contributed by atoms with Gasteiger partial charge in [0.05, 0.1) is 7.11 Å². The van der Waals surface area contributed by atoms with Gasteiger partial charge >= 0.3 is 0 Å². The molecule has 0 amide bonds. The van der Waals surface area contributed by atoms with Crippen LogP contribution in [0, 0.1) is 5.41 Å². The summed E-state index contributed by atoms with van der Waals surface area (Å²) < 4.78 is 5.44. The molecular weight excluding hydrogens is 240 g/mol. The molecule has 1 heterocycles. The maximum absolute atomic E-state index is 5.44. The van der Waals surface area contributed by atoms with Crippen LogP contribution in [0.3, 0.4) is 0 Å². The van der Waals surface area contributed by atoms with Gasteiger partial charge in [0.2, 0.25) is 5.75 Å². The molecule has 1 aromatic heterocycles. The van der Waals surface area contributed by atoms with Gasteiger partial charge in [0.15, 0.2) is 11.6 Å². The van der Waals surface area contributed by atoms with Gasteiger partial charge in [0.1, 0.15) is 6.33 Å². The minimum absolute atomic E-state index is 0.479. The van der Waals surface area contributed by atoms with E-state index in [2.05, 4.69) is 34.4 Å². The third-order valence-electron chi connectivity index (χ3n) is 3.89. The summed E-state index contributed by atoms with van der Waals surface area (Å²) in [5.41, 5.74) is 0.479. The molecule has 5 heteroatoms.